The molecule has 0 fully saturated rings. The van der Waals surface area contributed by atoms with Gasteiger partial charge >= 0.3 is 0 Å². The van der Waals surface area contributed by atoms with Gasteiger partial charge in [0, 0.05) is 11.5 Å². The van der Waals surface area contributed by atoms with Gasteiger partial charge in [-0.05, 0) is 43.7 Å². The molecule has 3 amide bonds. The molecule has 0 radical (unpaired) electrons. The minimum absolute atomic E-state index is 0.297. The maximum atomic E-state index is 12.8. The van der Waals surface area contributed by atoms with E-state index in [0.29, 0.717) is 39.7 Å². The first-order chi connectivity index (χ1) is 16.4. The Morgan fingerprint density at radius 3 is 2.38 bits per heavy atom. The number of carbonyl (C=O) groups excluding carboxylic acids is 3. The highest BCUT2D eigenvalue weighted by molar-refractivity contribution is 6.22. The molecule has 1 N–H and O–H groups in total. The van der Waals surface area contributed by atoms with E-state index in [1.165, 1.54) is 4.68 Å². The van der Waals surface area contributed by atoms with Crippen molar-refractivity contribution in [3.05, 3.63) is 77.0 Å². The van der Waals surface area contributed by atoms with Crippen LogP contribution in [0.5, 0.6) is 5.75 Å². The van der Waals surface area contributed by atoms with Crippen molar-refractivity contribution in [1.29, 1.82) is 0 Å². The number of methoxy groups -OCH3 is 1. The normalized spacial score (nSPS) is 12.9. The van der Waals surface area contributed by atoms with E-state index >= 15 is 0 Å². The van der Waals surface area contributed by atoms with Gasteiger partial charge in [0.05, 0.1) is 23.9 Å². The fourth-order valence-corrected chi connectivity index (χ4v) is 4.12. The third kappa shape index (κ3) is 3.47. The second-order valence-corrected chi connectivity index (χ2v) is 8.03. The van der Waals surface area contributed by atoms with Crippen molar-refractivity contribution in [3.8, 4) is 11.6 Å². The Hall–Kier alpha value is -4.53. The molecule has 0 spiro atoms. The zero-order valence-electron chi connectivity index (χ0n) is 18.8. The molecule has 34 heavy (non-hydrogen) atoms. The molecular formula is C25H21N5O4. The van der Waals surface area contributed by atoms with E-state index in [1.54, 1.807) is 44.4 Å². The van der Waals surface area contributed by atoms with Gasteiger partial charge in [-0.25, -0.2) is 4.98 Å². The largest absolute Gasteiger partial charge is 0.494 e. The molecule has 0 bridgehead atoms. The number of pyridine rings is 1. The van der Waals surface area contributed by atoms with Gasteiger partial charge in [-0.15, -0.1) is 0 Å². The molecule has 0 saturated carbocycles. The van der Waals surface area contributed by atoms with Crippen molar-refractivity contribution >= 4 is 34.4 Å². The molecule has 0 saturated heterocycles. The second kappa shape index (κ2) is 8.11. The number of nitrogens with zero attached hydrogens (tertiary/aromatic N) is 4. The van der Waals surface area contributed by atoms with Gasteiger partial charge < -0.3 is 10.1 Å². The smallest absolute Gasteiger partial charge is 0.262 e. The zero-order chi connectivity index (χ0) is 24.0. The van der Waals surface area contributed by atoms with E-state index in [4.69, 9.17) is 9.72 Å². The molecule has 2 aromatic carbocycles. The van der Waals surface area contributed by atoms with E-state index in [1.807, 2.05) is 31.2 Å². The summed E-state index contributed by atoms with van der Waals surface area (Å²) in [7, 11) is 1.58. The number of nitrogens with one attached hydrogen (secondary N) is 1. The van der Waals surface area contributed by atoms with Gasteiger partial charge in [0.25, 0.3) is 11.8 Å². The highest BCUT2D eigenvalue weighted by atomic mass is 16.5. The first kappa shape index (κ1) is 21.3. The van der Waals surface area contributed by atoms with Crippen LogP contribution in [0.1, 0.15) is 32.0 Å². The number of aryl methyl sites for hydroxylation is 2. The SMILES string of the molecule is COc1cccc2c(C)cc(-n3nc(C)cc3NC(=O)CN3C(=O)c4ccccc4C3=O)nc12. The van der Waals surface area contributed by atoms with Crippen LogP contribution in [-0.4, -0.2) is 51.0 Å². The third-order valence-corrected chi connectivity index (χ3v) is 5.71. The third-order valence-electron chi connectivity index (χ3n) is 5.71. The number of carbonyl (C=O) groups is 3. The number of imide groups is 1. The van der Waals surface area contributed by atoms with Crippen LogP contribution in [0.25, 0.3) is 16.7 Å². The fourth-order valence-electron chi connectivity index (χ4n) is 4.12. The van der Waals surface area contributed by atoms with Crippen LogP contribution in [-0.2, 0) is 4.79 Å². The van der Waals surface area contributed by atoms with Gasteiger partial charge in [-0.3, -0.25) is 19.3 Å². The molecule has 1 aliphatic heterocycles. The van der Waals surface area contributed by atoms with Crippen molar-refractivity contribution in [2.45, 2.75) is 13.8 Å². The van der Waals surface area contributed by atoms with Crippen LogP contribution < -0.4 is 10.1 Å². The lowest BCUT2D eigenvalue weighted by Crippen LogP contribution is -2.37. The van der Waals surface area contributed by atoms with Crippen LogP contribution >= 0.6 is 0 Å². The summed E-state index contributed by atoms with van der Waals surface area (Å²) >= 11 is 0. The van der Waals surface area contributed by atoms with E-state index in [2.05, 4.69) is 10.4 Å². The highest BCUT2D eigenvalue weighted by Crippen LogP contribution is 2.29. The molecule has 0 atom stereocenters. The number of hydrogen-bond donors (Lipinski definition) is 1. The molecule has 3 heterocycles. The highest BCUT2D eigenvalue weighted by Gasteiger charge is 2.36. The average Bonchev–Trinajstić information content (AvgIpc) is 3.31. The van der Waals surface area contributed by atoms with Gasteiger partial charge in [0.2, 0.25) is 5.91 Å². The second-order valence-electron chi connectivity index (χ2n) is 8.03. The van der Waals surface area contributed by atoms with Crippen LogP contribution in [0, 0.1) is 13.8 Å². The zero-order valence-corrected chi connectivity index (χ0v) is 18.8. The minimum Gasteiger partial charge on any atom is -0.494 e. The number of aromatic nitrogens is 3. The maximum Gasteiger partial charge on any atom is 0.262 e. The minimum atomic E-state index is -0.522. The Kier molecular flexibility index (Phi) is 5.09. The first-order valence-electron chi connectivity index (χ1n) is 10.6. The van der Waals surface area contributed by atoms with Gasteiger partial charge in [-0.1, -0.05) is 24.3 Å². The molecule has 2 aromatic heterocycles. The number of rotatable bonds is 5. The Morgan fingerprint density at radius 1 is 1.00 bits per heavy atom. The summed E-state index contributed by atoms with van der Waals surface area (Å²) in [4.78, 5) is 43.7. The molecule has 0 aliphatic carbocycles. The standard InChI is InChI=1S/C25H21N5O4/c1-14-11-20(27-23-16(14)9-6-10-19(23)34-3)30-21(12-15(2)28-30)26-22(31)13-29-24(32)17-7-4-5-8-18(17)25(29)33/h4-12H,13H2,1-3H3,(H,26,31). The summed E-state index contributed by atoms with van der Waals surface area (Å²) in [5.74, 6) is 0.00545. The molecule has 170 valence electrons. The van der Waals surface area contributed by atoms with Crippen molar-refractivity contribution in [3.63, 3.8) is 0 Å². The summed E-state index contributed by atoms with van der Waals surface area (Å²) in [5, 5.41) is 8.19. The van der Waals surface area contributed by atoms with E-state index in [-0.39, 0.29) is 0 Å². The van der Waals surface area contributed by atoms with Gasteiger partial charge in [0.15, 0.2) is 5.82 Å². The molecule has 9 heteroatoms. The molecule has 4 aromatic rings. The number of hydrogen-bond acceptors (Lipinski definition) is 6. The molecule has 5 rings (SSSR count). The van der Waals surface area contributed by atoms with Crippen molar-refractivity contribution < 1.29 is 19.1 Å². The molecule has 1 aliphatic rings. The van der Waals surface area contributed by atoms with Crippen molar-refractivity contribution in [2.75, 3.05) is 19.0 Å². The maximum absolute atomic E-state index is 12.8. The quantitative estimate of drug-likeness (QED) is 0.463. The predicted molar refractivity (Wildman–Crippen MR) is 125 cm³/mol. The summed E-state index contributed by atoms with van der Waals surface area (Å²) in [5.41, 5.74) is 2.90. The van der Waals surface area contributed by atoms with E-state index in [9.17, 15) is 14.4 Å². The molecule has 0 unspecified atom stereocenters. The number of anilines is 1. The Labute approximate surface area is 195 Å². The lowest BCUT2D eigenvalue weighted by Gasteiger charge is -2.15. The average molecular weight is 455 g/mol. The summed E-state index contributed by atoms with van der Waals surface area (Å²) in [6.45, 7) is 3.35. The summed E-state index contributed by atoms with van der Waals surface area (Å²) in [6.07, 6.45) is 0. The van der Waals surface area contributed by atoms with Gasteiger partial charge in [0.1, 0.15) is 23.6 Å². The van der Waals surface area contributed by atoms with Gasteiger partial charge in [-0.2, -0.15) is 9.78 Å². The van der Waals surface area contributed by atoms with Crippen molar-refractivity contribution in [1.82, 2.24) is 19.7 Å². The number of benzene rings is 2. The Morgan fingerprint density at radius 2 is 1.71 bits per heavy atom. The topological polar surface area (TPSA) is 106 Å². The number of ether oxygens (including phenoxy) is 1. The van der Waals surface area contributed by atoms with Crippen molar-refractivity contribution in [2.24, 2.45) is 0 Å². The number of para-hydroxylation sites is 1. The van der Waals surface area contributed by atoms with E-state index < -0.39 is 24.3 Å². The summed E-state index contributed by atoms with van der Waals surface area (Å²) < 4.78 is 6.99. The number of amides is 3. The number of fused-ring (bicyclic) bond motifs is 2. The molecular weight excluding hydrogens is 434 g/mol. The fraction of sp³-hybridized carbons (Fsp3) is 0.160. The monoisotopic (exact) mass is 455 g/mol. The Bertz CT molecular complexity index is 1460. The van der Waals surface area contributed by atoms with E-state index in [0.717, 1.165) is 15.8 Å². The van der Waals surface area contributed by atoms with Crippen LogP contribution in [0.3, 0.4) is 0 Å². The van der Waals surface area contributed by atoms with Crippen LogP contribution in [0.4, 0.5) is 5.82 Å². The lowest BCUT2D eigenvalue weighted by atomic mass is 10.1. The molecule has 9 nitrogen and oxygen atoms in total. The lowest BCUT2D eigenvalue weighted by molar-refractivity contribution is -0.116. The van der Waals surface area contributed by atoms with Crippen LogP contribution in [0.15, 0.2) is 54.6 Å². The predicted octanol–water partition coefficient (Wildman–Crippen LogP) is 3.28. The Balaban J connectivity index is 1.44. The summed E-state index contributed by atoms with van der Waals surface area (Å²) in [6, 6.07) is 15.8. The first-order valence-corrected chi connectivity index (χ1v) is 10.6. The van der Waals surface area contributed by atoms with Crippen LogP contribution in [0.2, 0.25) is 0 Å².